The van der Waals surface area contributed by atoms with E-state index in [1.807, 2.05) is 0 Å². The van der Waals surface area contributed by atoms with Gasteiger partial charge in [-0.3, -0.25) is 4.79 Å². The summed E-state index contributed by atoms with van der Waals surface area (Å²) in [5, 5.41) is 18.1. The van der Waals surface area contributed by atoms with Gasteiger partial charge in [0, 0.05) is 0 Å². The van der Waals surface area contributed by atoms with Crippen LogP contribution in [0.1, 0.15) is 15.9 Å². The number of phenols is 1. The number of carbonyl (C=O) groups excluding carboxylic acids is 1. The zero-order valence-corrected chi connectivity index (χ0v) is 9.21. The van der Waals surface area contributed by atoms with E-state index in [1.54, 1.807) is 0 Å². The lowest BCUT2D eigenvalue weighted by Crippen LogP contribution is -2.32. The van der Waals surface area contributed by atoms with Crippen LogP contribution in [-0.2, 0) is 16.0 Å². The van der Waals surface area contributed by atoms with Crippen LogP contribution >= 0.6 is 0 Å². The fourth-order valence-corrected chi connectivity index (χ4v) is 1.32. The highest BCUT2D eigenvalue weighted by molar-refractivity contribution is 5.92. The minimum absolute atomic E-state index is 0.0115. The van der Waals surface area contributed by atoms with Crippen molar-refractivity contribution in [3.05, 3.63) is 29.3 Å². The van der Waals surface area contributed by atoms with Crippen LogP contribution in [0.2, 0.25) is 0 Å². The lowest BCUT2D eigenvalue weighted by atomic mass is 10.0. The Morgan fingerprint density at radius 3 is 2.65 bits per heavy atom. The minimum Gasteiger partial charge on any atom is -0.507 e. The van der Waals surface area contributed by atoms with Crippen molar-refractivity contribution in [1.82, 2.24) is 0 Å². The summed E-state index contributed by atoms with van der Waals surface area (Å²) in [6.45, 7) is 0. The fourth-order valence-electron chi connectivity index (χ4n) is 1.32. The van der Waals surface area contributed by atoms with Gasteiger partial charge in [0.25, 0.3) is 0 Å². The normalized spacial score (nSPS) is 11.9. The van der Waals surface area contributed by atoms with Crippen LogP contribution in [-0.4, -0.2) is 35.3 Å². The zero-order chi connectivity index (χ0) is 13.0. The van der Waals surface area contributed by atoms with Gasteiger partial charge in [0.1, 0.15) is 17.4 Å². The Bertz CT molecular complexity index is 443. The molecular formula is C11H13NO5. The van der Waals surface area contributed by atoms with Crippen LogP contribution < -0.4 is 5.73 Å². The summed E-state index contributed by atoms with van der Waals surface area (Å²) in [5.41, 5.74) is 5.90. The topological polar surface area (TPSA) is 110 Å². The largest absolute Gasteiger partial charge is 0.507 e. The van der Waals surface area contributed by atoms with Crippen LogP contribution in [0, 0.1) is 0 Å². The fraction of sp³-hybridized carbons (Fsp3) is 0.273. The SMILES string of the molecule is COC(=O)c1cc(CC(N)C(=O)O)ccc1O. The van der Waals surface area contributed by atoms with E-state index in [0.717, 1.165) is 0 Å². The summed E-state index contributed by atoms with van der Waals surface area (Å²) in [6, 6.07) is 3.12. The second-order valence-corrected chi connectivity index (χ2v) is 3.49. The predicted octanol–water partition coefficient (Wildman–Crippen LogP) is 0.133. The molecule has 0 bridgehead atoms. The van der Waals surface area contributed by atoms with Gasteiger partial charge in [-0.1, -0.05) is 6.07 Å². The third-order valence-electron chi connectivity index (χ3n) is 2.24. The number of rotatable bonds is 4. The molecule has 1 aromatic rings. The van der Waals surface area contributed by atoms with Crippen LogP contribution in [0.15, 0.2) is 18.2 Å². The number of phenolic OH excluding ortho intramolecular Hbond substituents is 1. The summed E-state index contributed by atoms with van der Waals surface area (Å²) in [4.78, 5) is 21.9. The van der Waals surface area contributed by atoms with Crippen LogP contribution in [0.5, 0.6) is 5.75 Å². The number of carboxylic acid groups (broad SMARTS) is 1. The Morgan fingerprint density at radius 1 is 1.47 bits per heavy atom. The Morgan fingerprint density at radius 2 is 2.12 bits per heavy atom. The number of hydrogen-bond donors (Lipinski definition) is 3. The molecule has 0 aromatic heterocycles. The summed E-state index contributed by atoms with van der Waals surface area (Å²) >= 11 is 0. The first-order valence-electron chi connectivity index (χ1n) is 4.84. The number of carboxylic acids is 1. The van der Waals surface area contributed by atoms with Gasteiger partial charge in [0.05, 0.1) is 7.11 Å². The monoisotopic (exact) mass is 239 g/mol. The standard InChI is InChI=1S/C11H13NO5/c1-17-11(16)7-4-6(2-3-9(7)13)5-8(12)10(14)15/h2-4,8,13H,5,12H2,1H3,(H,14,15). The molecule has 1 atom stereocenters. The first-order chi connectivity index (χ1) is 7.95. The Kier molecular flexibility index (Phi) is 4.06. The molecule has 0 aliphatic heterocycles. The molecule has 1 unspecified atom stereocenters. The van der Waals surface area contributed by atoms with Gasteiger partial charge < -0.3 is 20.7 Å². The van der Waals surface area contributed by atoms with Crippen molar-refractivity contribution >= 4 is 11.9 Å². The van der Waals surface area contributed by atoms with E-state index in [4.69, 9.17) is 10.8 Å². The molecule has 0 spiro atoms. The quantitative estimate of drug-likeness (QED) is 0.644. The molecule has 0 saturated heterocycles. The average molecular weight is 239 g/mol. The third kappa shape index (κ3) is 3.18. The van der Waals surface area contributed by atoms with Gasteiger partial charge in [-0.15, -0.1) is 0 Å². The molecule has 0 aliphatic rings. The number of aromatic hydroxyl groups is 1. The molecular weight excluding hydrogens is 226 g/mol. The highest BCUT2D eigenvalue weighted by Crippen LogP contribution is 2.20. The maximum Gasteiger partial charge on any atom is 0.341 e. The molecule has 0 amide bonds. The Labute approximate surface area is 97.6 Å². The van der Waals surface area contributed by atoms with E-state index in [2.05, 4.69) is 4.74 Å². The molecule has 6 heteroatoms. The number of aliphatic carboxylic acids is 1. The lowest BCUT2D eigenvalue weighted by Gasteiger charge is -2.08. The van der Waals surface area contributed by atoms with Gasteiger partial charge in [0.2, 0.25) is 0 Å². The molecule has 0 radical (unpaired) electrons. The van der Waals surface area contributed by atoms with Crippen molar-refractivity contribution in [2.24, 2.45) is 5.73 Å². The predicted molar refractivity (Wildman–Crippen MR) is 58.8 cm³/mol. The van der Waals surface area contributed by atoms with Gasteiger partial charge in [-0.25, -0.2) is 4.79 Å². The van der Waals surface area contributed by atoms with Gasteiger partial charge >= 0.3 is 11.9 Å². The smallest absolute Gasteiger partial charge is 0.341 e. The summed E-state index contributed by atoms with van der Waals surface area (Å²) in [7, 11) is 1.19. The molecule has 0 heterocycles. The molecule has 17 heavy (non-hydrogen) atoms. The van der Waals surface area contributed by atoms with Gasteiger partial charge in [-0.05, 0) is 24.1 Å². The highest BCUT2D eigenvalue weighted by Gasteiger charge is 2.16. The van der Waals surface area contributed by atoms with E-state index in [0.29, 0.717) is 5.56 Å². The second kappa shape index (κ2) is 5.31. The highest BCUT2D eigenvalue weighted by atomic mass is 16.5. The summed E-state index contributed by atoms with van der Waals surface area (Å²) in [5.74, 6) is -2.03. The second-order valence-electron chi connectivity index (χ2n) is 3.49. The molecule has 1 rings (SSSR count). The lowest BCUT2D eigenvalue weighted by molar-refractivity contribution is -0.138. The minimum atomic E-state index is -1.13. The molecule has 0 aliphatic carbocycles. The first-order valence-corrected chi connectivity index (χ1v) is 4.84. The summed E-state index contributed by atoms with van der Waals surface area (Å²) < 4.78 is 4.48. The number of esters is 1. The number of ether oxygens (including phenoxy) is 1. The number of nitrogens with two attached hydrogens (primary N) is 1. The molecule has 4 N–H and O–H groups in total. The van der Waals surface area contributed by atoms with E-state index in [-0.39, 0.29) is 17.7 Å². The van der Waals surface area contributed by atoms with Crippen molar-refractivity contribution in [3.8, 4) is 5.75 Å². The van der Waals surface area contributed by atoms with Gasteiger partial charge in [-0.2, -0.15) is 0 Å². The van der Waals surface area contributed by atoms with Crippen molar-refractivity contribution in [2.45, 2.75) is 12.5 Å². The van der Waals surface area contributed by atoms with Crippen molar-refractivity contribution in [1.29, 1.82) is 0 Å². The van der Waals surface area contributed by atoms with Gasteiger partial charge in [0.15, 0.2) is 0 Å². The molecule has 92 valence electrons. The zero-order valence-electron chi connectivity index (χ0n) is 9.21. The Hall–Kier alpha value is -2.08. The Balaban J connectivity index is 2.96. The maximum absolute atomic E-state index is 11.3. The number of hydrogen-bond acceptors (Lipinski definition) is 5. The third-order valence-corrected chi connectivity index (χ3v) is 2.24. The maximum atomic E-state index is 11.3. The average Bonchev–Trinajstić information content (AvgIpc) is 2.30. The van der Waals surface area contributed by atoms with Crippen molar-refractivity contribution in [3.63, 3.8) is 0 Å². The number of carbonyl (C=O) groups is 2. The van der Waals surface area contributed by atoms with Crippen molar-refractivity contribution < 1.29 is 24.5 Å². The van der Waals surface area contributed by atoms with Crippen LogP contribution in [0.4, 0.5) is 0 Å². The first kappa shape index (κ1) is 13.0. The molecule has 1 aromatic carbocycles. The van der Waals surface area contributed by atoms with Crippen LogP contribution in [0.25, 0.3) is 0 Å². The molecule has 0 fully saturated rings. The van der Waals surface area contributed by atoms with E-state index < -0.39 is 18.0 Å². The molecule has 0 saturated carbocycles. The van der Waals surface area contributed by atoms with E-state index in [1.165, 1.54) is 25.3 Å². The summed E-state index contributed by atoms with van der Waals surface area (Å²) in [6.07, 6.45) is 0.0691. The van der Waals surface area contributed by atoms with Crippen LogP contribution in [0.3, 0.4) is 0 Å². The number of methoxy groups -OCH3 is 1. The van der Waals surface area contributed by atoms with E-state index >= 15 is 0 Å². The molecule has 6 nitrogen and oxygen atoms in total. The van der Waals surface area contributed by atoms with E-state index in [9.17, 15) is 14.7 Å². The number of benzene rings is 1. The van der Waals surface area contributed by atoms with Crippen molar-refractivity contribution in [2.75, 3.05) is 7.11 Å².